The largest absolute Gasteiger partial charge is 0.377 e. The minimum Gasteiger partial charge on any atom is -0.377 e. The summed E-state index contributed by atoms with van der Waals surface area (Å²) in [7, 11) is 0. The number of thiophene rings is 1. The average Bonchev–Trinajstić information content (AvgIpc) is 2.74. The second kappa shape index (κ2) is 6.45. The molecule has 1 aromatic rings. The van der Waals surface area contributed by atoms with Crippen molar-refractivity contribution in [3.63, 3.8) is 0 Å². The van der Waals surface area contributed by atoms with Crippen LogP contribution in [0.2, 0.25) is 0 Å². The molecule has 2 heterocycles. The van der Waals surface area contributed by atoms with Crippen LogP contribution in [0.15, 0.2) is 12.1 Å². The second-order valence-corrected chi connectivity index (χ2v) is 5.98. The van der Waals surface area contributed by atoms with Gasteiger partial charge in [-0.05, 0) is 31.9 Å². The Morgan fingerprint density at radius 2 is 2.39 bits per heavy atom. The molecule has 0 bridgehead atoms. The quantitative estimate of drug-likeness (QED) is 0.785. The number of hydrogen-bond acceptors (Lipinski definition) is 4. The lowest BCUT2D eigenvalue weighted by atomic mass is 10.2. The summed E-state index contributed by atoms with van der Waals surface area (Å²) < 4.78 is 5.59. The lowest BCUT2D eigenvalue weighted by molar-refractivity contribution is 0.0658. The average molecular weight is 267 g/mol. The topological polar surface area (TPSA) is 29.5 Å². The van der Waals surface area contributed by atoms with E-state index < -0.39 is 0 Å². The monoisotopic (exact) mass is 267 g/mol. The van der Waals surface area contributed by atoms with Crippen LogP contribution in [0.5, 0.6) is 0 Å². The van der Waals surface area contributed by atoms with E-state index in [9.17, 15) is 4.79 Å². The first-order valence-electron chi connectivity index (χ1n) is 6.65. The zero-order chi connectivity index (χ0) is 13.0. The maximum absolute atomic E-state index is 12.2. The fourth-order valence-corrected chi connectivity index (χ4v) is 3.10. The normalized spacial score (nSPS) is 21.8. The molecule has 2 rings (SSSR count). The van der Waals surface area contributed by atoms with Crippen molar-refractivity contribution < 1.29 is 9.53 Å². The molecule has 1 saturated heterocycles. The summed E-state index contributed by atoms with van der Waals surface area (Å²) in [6, 6.07) is 4.02. The van der Waals surface area contributed by atoms with Gasteiger partial charge < -0.3 is 4.74 Å². The molecule has 100 valence electrons. The molecular weight excluding hydrogens is 246 g/mol. The molecule has 1 aromatic heterocycles. The van der Waals surface area contributed by atoms with E-state index in [0.717, 1.165) is 37.4 Å². The molecule has 0 N–H and O–H groups in total. The minimum absolute atomic E-state index is 0.231. The number of ketones is 1. The van der Waals surface area contributed by atoms with E-state index in [4.69, 9.17) is 4.74 Å². The molecule has 18 heavy (non-hydrogen) atoms. The summed E-state index contributed by atoms with van der Waals surface area (Å²) in [5.74, 6) is 0.244. The van der Waals surface area contributed by atoms with Crippen LogP contribution >= 0.6 is 11.3 Å². The SMILES string of the molecule is CCc1ccc(C(=O)CN2CCCOC(C)C2)s1. The summed E-state index contributed by atoms with van der Waals surface area (Å²) in [5, 5.41) is 0. The highest BCUT2D eigenvalue weighted by Crippen LogP contribution is 2.18. The van der Waals surface area contributed by atoms with Crippen molar-refractivity contribution in [2.45, 2.75) is 32.8 Å². The Balaban J connectivity index is 1.93. The van der Waals surface area contributed by atoms with Crippen molar-refractivity contribution in [1.29, 1.82) is 0 Å². The Labute approximate surface area is 113 Å². The molecule has 0 aromatic carbocycles. The van der Waals surface area contributed by atoms with E-state index in [-0.39, 0.29) is 11.9 Å². The summed E-state index contributed by atoms with van der Waals surface area (Å²) in [6.45, 7) is 7.35. The second-order valence-electron chi connectivity index (χ2n) is 4.81. The molecule has 0 amide bonds. The van der Waals surface area contributed by atoms with Gasteiger partial charge in [0.2, 0.25) is 0 Å². The first kappa shape index (κ1) is 13.7. The van der Waals surface area contributed by atoms with Crippen molar-refractivity contribution in [1.82, 2.24) is 4.90 Å². The third-order valence-corrected chi connectivity index (χ3v) is 4.46. The van der Waals surface area contributed by atoms with E-state index >= 15 is 0 Å². The predicted octanol–water partition coefficient (Wildman–Crippen LogP) is 2.60. The van der Waals surface area contributed by atoms with E-state index in [1.54, 1.807) is 11.3 Å². The first-order valence-corrected chi connectivity index (χ1v) is 7.46. The fourth-order valence-electron chi connectivity index (χ4n) is 2.22. The summed E-state index contributed by atoms with van der Waals surface area (Å²) >= 11 is 1.63. The smallest absolute Gasteiger partial charge is 0.186 e. The van der Waals surface area contributed by atoms with E-state index in [0.29, 0.717) is 6.54 Å². The summed E-state index contributed by atoms with van der Waals surface area (Å²) in [4.78, 5) is 16.6. The van der Waals surface area contributed by atoms with Crippen molar-refractivity contribution in [3.05, 3.63) is 21.9 Å². The predicted molar refractivity (Wildman–Crippen MR) is 74.5 cm³/mol. The number of Topliss-reactive ketones (excluding diaryl/α,β-unsaturated/α-hetero) is 1. The third kappa shape index (κ3) is 3.64. The minimum atomic E-state index is 0.231. The van der Waals surface area contributed by atoms with Gasteiger partial charge in [-0.1, -0.05) is 6.92 Å². The van der Waals surface area contributed by atoms with Crippen molar-refractivity contribution >= 4 is 17.1 Å². The van der Waals surface area contributed by atoms with Gasteiger partial charge in [0.05, 0.1) is 17.5 Å². The van der Waals surface area contributed by atoms with Crippen molar-refractivity contribution in [2.24, 2.45) is 0 Å². The van der Waals surface area contributed by atoms with Gasteiger partial charge in [0, 0.05) is 24.6 Å². The summed E-state index contributed by atoms with van der Waals surface area (Å²) in [5.41, 5.74) is 0. The maximum atomic E-state index is 12.2. The maximum Gasteiger partial charge on any atom is 0.186 e. The fraction of sp³-hybridized carbons (Fsp3) is 0.643. The molecule has 1 aliphatic heterocycles. The first-order chi connectivity index (χ1) is 8.69. The molecule has 1 atom stereocenters. The Bertz CT molecular complexity index is 402. The molecular formula is C14H21NO2S. The lowest BCUT2D eigenvalue weighted by Crippen LogP contribution is -2.34. The van der Waals surface area contributed by atoms with Crippen LogP contribution in [0.25, 0.3) is 0 Å². The number of carbonyl (C=O) groups excluding carboxylic acids is 1. The Kier molecular flexibility index (Phi) is 4.92. The highest BCUT2D eigenvalue weighted by Gasteiger charge is 2.19. The number of carbonyl (C=O) groups is 1. The van der Waals surface area contributed by atoms with Gasteiger partial charge in [-0.15, -0.1) is 11.3 Å². The van der Waals surface area contributed by atoms with Crippen LogP contribution in [-0.2, 0) is 11.2 Å². The molecule has 3 nitrogen and oxygen atoms in total. The Hall–Kier alpha value is -0.710. The highest BCUT2D eigenvalue weighted by molar-refractivity contribution is 7.14. The van der Waals surface area contributed by atoms with E-state index in [2.05, 4.69) is 24.8 Å². The zero-order valence-electron chi connectivity index (χ0n) is 11.1. The van der Waals surface area contributed by atoms with Crippen molar-refractivity contribution in [2.75, 3.05) is 26.2 Å². The molecule has 0 aliphatic carbocycles. The number of hydrogen-bond donors (Lipinski definition) is 0. The van der Waals surface area contributed by atoms with Gasteiger partial charge in [0.1, 0.15) is 0 Å². The highest BCUT2D eigenvalue weighted by atomic mass is 32.1. The number of aryl methyl sites for hydroxylation is 1. The number of rotatable bonds is 4. The lowest BCUT2D eigenvalue weighted by Gasteiger charge is -2.20. The number of nitrogens with zero attached hydrogens (tertiary/aromatic N) is 1. The molecule has 0 saturated carbocycles. The number of ether oxygens (including phenoxy) is 1. The van der Waals surface area contributed by atoms with E-state index in [1.165, 1.54) is 4.88 Å². The molecule has 1 unspecified atom stereocenters. The third-order valence-electron chi connectivity index (χ3n) is 3.19. The molecule has 1 aliphatic rings. The van der Waals surface area contributed by atoms with Gasteiger partial charge in [-0.2, -0.15) is 0 Å². The zero-order valence-corrected chi connectivity index (χ0v) is 12.0. The van der Waals surface area contributed by atoms with Crippen LogP contribution < -0.4 is 0 Å². The molecule has 1 fully saturated rings. The van der Waals surface area contributed by atoms with Gasteiger partial charge in [-0.25, -0.2) is 0 Å². The Morgan fingerprint density at radius 1 is 1.56 bits per heavy atom. The molecule has 4 heteroatoms. The van der Waals surface area contributed by atoms with Gasteiger partial charge in [0.15, 0.2) is 5.78 Å². The standard InChI is InChI=1S/C14H21NO2S/c1-3-12-5-6-14(18-12)13(16)10-15-7-4-8-17-11(2)9-15/h5-6,11H,3-4,7-10H2,1-2H3. The van der Waals surface area contributed by atoms with Crippen molar-refractivity contribution in [3.8, 4) is 0 Å². The van der Waals surface area contributed by atoms with E-state index in [1.807, 2.05) is 6.07 Å². The van der Waals surface area contributed by atoms with Crippen LogP contribution in [0.1, 0.15) is 34.8 Å². The van der Waals surface area contributed by atoms with Crippen LogP contribution in [-0.4, -0.2) is 43.0 Å². The van der Waals surface area contributed by atoms with Gasteiger partial charge in [-0.3, -0.25) is 9.69 Å². The van der Waals surface area contributed by atoms with Crippen LogP contribution in [0.4, 0.5) is 0 Å². The van der Waals surface area contributed by atoms with Gasteiger partial charge in [0.25, 0.3) is 0 Å². The summed E-state index contributed by atoms with van der Waals surface area (Å²) in [6.07, 6.45) is 2.25. The van der Waals surface area contributed by atoms with Crippen LogP contribution in [0.3, 0.4) is 0 Å². The molecule has 0 spiro atoms. The van der Waals surface area contributed by atoms with Crippen LogP contribution in [0, 0.1) is 0 Å². The van der Waals surface area contributed by atoms with Gasteiger partial charge >= 0.3 is 0 Å². The Morgan fingerprint density at radius 3 is 3.11 bits per heavy atom. The molecule has 0 radical (unpaired) electrons.